The van der Waals surface area contributed by atoms with Crippen LogP contribution in [0.15, 0.2) is 39.5 Å². The lowest BCUT2D eigenvalue weighted by Gasteiger charge is -2.40. The Labute approximate surface area is 230 Å². The van der Waals surface area contributed by atoms with Crippen molar-refractivity contribution in [1.82, 2.24) is 0 Å². The summed E-state index contributed by atoms with van der Waals surface area (Å²) in [6, 6.07) is 5.36. The van der Waals surface area contributed by atoms with Crippen LogP contribution in [-0.2, 0) is 14.2 Å². The van der Waals surface area contributed by atoms with E-state index in [1.165, 1.54) is 13.0 Å². The molecule has 0 saturated carbocycles. The molecule has 41 heavy (non-hydrogen) atoms. The minimum Gasteiger partial charge on any atom is -0.508 e. The molecule has 5 rings (SSSR count). The molecule has 0 aliphatic carbocycles. The van der Waals surface area contributed by atoms with Crippen LogP contribution in [0.1, 0.15) is 6.92 Å². The number of aliphatic hydroxyl groups excluding tert-OH is 5. The fraction of sp³-hybridized carbons (Fsp3) is 0.423. The molecule has 1 aromatic heterocycles. The molecule has 0 spiro atoms. The van der Waals surface area contributed by atoms with Crippen molar-refractivity contribution >= 4 is 11.0 Å². The molecule has 15 heteroatoms. The summed E-state index contributed by atoms with van der Waals surface area (Å²) < 4.78 is 28.3. The molecule has 15 nitrogen and oxygen atoms in total. The van der Waals surface area contributed by atoms with Crippen molar-refractivity contribution in [2.24, 2.45) is 0 Å². The van der Waals surface area contributed by atoms with Crippen molar-refractivity contribution in [1.29, 1.82) is 0 Å². The number of fused-ring (bicyclic) bond motifs is 1. The van der Waals surface area contributed by atoms with Gasteiger partial charge in [0.1, 0.15) is 53.0 Å². The topological polar surface area (TPSA) is 249 Å². The second-order valence-corrected chi connectivity index (χ2v) is 9.75. The number of phenols is 4. The molecule has 2 aromatic carbocycles. The summed E-state index contributed by atoms with van der Waals surface area (Å²) in [4.78, 5) is 13.6. The summed E-state index contributed by atoms with van der Waals surface area (Å²) in [5.74, 6) is -3.13. The van der Waals surface area contributed by atoms with Crippen LogP contribution in [0.25, 0.3) is 22.3 Å². The van der Waals surface area contributed by atoms with Crippen molar-refractivity contribution in [3.8, 4) is 40.1 Å². The maximum Gasteiger partial charge on any atom is 0.239 e. The Morgan fingerprint density at radius 2 is 1.56 bits per heavy atom. The van der Waals surface area contributed by atoms with Gasteiger partial charge in [0.15, 0.2) is 29.7 Å². The van der Waals surface area contributed by atoms with E-state index in [0.717, 1.165) is 24.3 Å². The summed E-state index contributed by atoms with van der Waals surface area (Å²) in [5.41, 5.74) is -1.24. The van der Waals surface area contributed by atoms with E-state index < -0.39 is 101 Å². The monoisotopic (exact) mass is 580 g/mol. The predicted octanol–water partition coefficient (Wildman–Crippen LogP) is -1.05. The van der Waals surface area contributed by atoms with E-state index in [1.807, 2.05) is 0 Å². The standard InChI is InChI=1S/C26H28O15/c1-8-17(32)20(35)21(36)25(37-8)41-24-18(33)15(7-27)39-26(24)40-23-19(34)16-13(31)5-10(28)6-14(16)38-22(23)9-2-3-11(29)12(30)4-9/h2-6,8,15,17-18,20-21,24-33,35-36H,7H2,1H3/t8-,15-,17-,18+,20+,21+,24+,25-,26-/m0/s1. The molecule has 9 N–H and O–H groups in total. The Morgan fingerprint density at radius 1 is 0.829 bits per heavy atom. The number of phenolic OH excluding ortho intramolecular Hbond substituents is 4. The van der Waals surface area contributed by atoms with Crippen molar-refractivity contribution in [2.75, 3.05) is 6.61 Å². The number of aromatic hydroxyl groups is 4. The van der Waals surface area contributed by atoms with Crippen molar-refractivity contribution in [2.45, 2.75) is 62.2 Å². The summed E-state index contributed by atoms with van der Waals surface area (Å²) in [7, 11) is 0. The van der Waals surface area contributed by atoms with E-state index in [9.17, 15) is 50.8 Å². The van der Waals surface area contributed by atoms with Crippen LogP contribution < -0.4 is 10.2 Å². The highest BCUT2D eigenvalue weighted by Crippen LogP contribution is 2.40. The van der Waals surface area contributed by atoms with Crippen molar-refractivity contribution in [3.05, 3.63) is 40.6 Å². The minimum atomic E-state index is -1.77. The predicted molar refractivity (Wildman–Crippen MR) is 134 cm³/mol. The molecule has 9 atom stereocenters. The maximum atomic E-state index is 13.6. The van der Waals surface area contributed by atoms with Gasteiger partial charge in [0.25, 0.3) is 0 Å². The highest BCUT2D eigenvalue weighted by Gasteiger charge is 2.51. The van der Waals surface area contributed by atoms with Gasteiger partial charge in [0, 0.05) is 17.7 Å². The van der Waals surface area contributed by atoms with Gasteiger partial charge < -0.3 is 69.3 Å². The van der Waals surface area contributed by atoms with Gasteiger partial charge in [0.2, 0.25) is 17.5 Å². The normalized spacial score (nSPS) is 31.9. The second kappa shape index (κ2) is 11.0. The molecular formula is C26H28O15. The molecule has 0 amide bonds. The molecule has 3 heterocycles. The van der Waals surface area contributed by atoms with Gasteiger partial charge in [-0.05, 0) is 25.1 Å². The molecule has 0 bridgehead atoms. The Kier molecular flexibility index (Phi) is 7.71. The minimum absolute atomic E-state index is 0.00354. The molecule has 0 radical (unpaired) electrons. The highest BCUT2D eigenvalue weighted by atomic mass is 16.8. The van der Waals surface area contributed by atoms with Crippen molar-refractivity contribution in [3.63, 3.8) is 0 Å². The number of rotatable bonds is 6. The van der Waals surface area contributed by atoms with E-state index in [4.69, 9.17) is 23.4 Å². The lowest BCUT2D eigenvalue weighted by Crippen LogP contribution is -2.59. The number of hydrogen-bond donors (Lipinski definition) is 9. The summed E-state index contributed by atoms with van der Waals surface area (Å²) in [6.07, 6.45) is -13.7. The molecule has 0 unspecified atom stereocenters. The number of hydrogen-bond acceptors (Lipinski definition) is 15. The summed E-state index contributed by atoms with van der Waals surface area (Å²) >= 11 is 0. The largest absolute Gasteiger partial charge is 0.508 e. The zero-order chi connectivity index (χ0) is 29.7. The SMILES string of the molecule is C[C@@H]1O[C@@H](O[C@H]2[C@H](Oc3c(-c4ccc(O)c(O)c4)oc4cc(O)cc(O)c4c3=O)O[C@@H](CO)[C@H]2O)[C@H](O)[C@H](O)[C@H]1O. The fourth-order valence-corrected chi connectivity index (χ4v) is 4.72. The van der Waals surface area contributed by atoms with Crippen molar-refractivity contribution < 1.29 is 69.3 Å². The zero-order valence-electron chi connectivity index (χ0n) is 21.3. The first-order valence-electron chi connectivity index (χ1n) is 12.4. The first kappa shape index (κ1) is 28.8. The molecule has 2 saturated heterocycles. The number of ether oxygens (including phenoxy) is 4. The van der Waals surface area contributed by atoms with Gasteiger partial charge in [0.05, 0.1) is 12.7 Å². The molecule has 2 fully saturated rings. The second-order valence-electron chi connectivity index (χ2n) is 9.75. The first-order valence-corrected chi connectivity index (χ1v) is 12.4. The molecular weight excluding hydrogens is 552 g/mol. The van der Waals surface area contributed by atoms with Crippen LogP contribution >= 0.6 is 0 Å². The molecule has 2 aliphatic rings. The summed E-state index contributed by atoms with van der Waals surface area (Å²) in [5, 5.41) is 90.7. The zero-order valence-corrected chi connectivity index (χ0v) is 21.3. The average Bonchev–Trinajstić information content (AvgIpc) is 3.22. The maximum absolute atomic E-state index is 13.6. The van der Waals surface area contributed by atoms with E-state index >= 15 is 0 Å². The Balaban J connectivity index is 1.59. The van der Waals surface area contributed by atoms with Gasteiger partial charge in [-0.25, -0.2) is 0 Å². The van der Waals surface area contributed by atoms with E-state index in [0.29, 0.717) is 0 Å². The number of benzene rings is 2. The summed E-state index contributed by atoms with van der Waals surface area (Å²) in [6.45, 7) is 0.684. The van der Waals surface area contributed by atoms with Crippen LogP contribution in [0.5, 0.6) is 28.7 Å². The lowest BCUT2D eigenvalue weighted by atomic mass is 10.00. The van der Waals surface area contributed by atoms with E-state index in [-0.39, 0.29) is 16.9 Å². The van der Waals surface area contributed by atoms with Gasteiger partial charge in [-0.2, -0.15) is 0 Å². The van der Waals surface area contributed by atoms with Crippen LogP contribution in [0.3, 0.4) is 0 Å². The molecule has 2 aliphatic heterocycles. The van der Waals surface area contributed by atoms with Crippen LogP contribution in [0.2, 0.25) is 0 Å². The third kappa shape index (κ3) is 5.13. The van der Waals surface area contributed by atoms with Gasteiger partial charge in [-0.3, -0.25) is 4.79 Å². The van der Waals surface area contributed by atoms with E-state index in [2.05, 4.69) is 0 Å². The fourth-order valence-electron chi connectivity index (χ4n) is 4.72. The lowest BCUT2D eigenvalue weighted by molar-refractivity contribution is -0.316. The van der Waals surface area contributed by atoms with Gasteiger partial charge >= 0.3 is 0 Å². The Hall–Kier alpha value is -3.67. The average molecular weight is 580 g/mol. The quantitative estimate of drug-likeness (QED) is 0.158. The van der Waals surface area contributed by atoms with Crippen LogP contribution in [0.4, 0.5) is 0 Å². The molecule has 222 valence electrons. The Bertz CT molecular complexity index is 1490. The first-order chi connectivity index (χ1) is 19.4. The van der Waals surface area contributed by atoms with Crippen LogP contribution in [-0.4, -0.2) is 108 Å². The van der Waals surface area contributed by atoms with E-state index in [1.54, 1.807) is 0 Å². The smallest absolute Gasteiger partial charge is 0.239 e. The van der Waals surface area contributed by atoms with Gasteiger partial charge in [-0.1, -0.05) is 0 Å². The third-order valence-electron chi connectivity index (χ3n) is 6.96. The molecule has 3 aromatic rings. The van der Waals surface area contributed by atoms with Gasteiger partial charge in [-0.15, -0.1) is 0 Å². The third-order valence-corrected chi connectivity index (χ3v) is 6.96. The van der Waals surface area contributed by atoms with Crippen LogP contribution in [0, 0.1) is 0 Å². The highest BCUT2D eigenvalue weighted by molar-refractivity contribution is 5.88. The Morgan fingerprint density at radius 3 is 2.24 bits per heavy atom. The number of aliphatic hydroxyl groups is 5.